The number of ether oxygens (including phenoxy) is 1. The summed E-state index contributed by atoms with van der Waals surface area (Å²) in [6.07, 6.45) is 0.731. The van der Waals surface area contributed by atoms with Gasteiger partial charge in [-0.05, 0) is 24.0 Å². The number of hydrogen-bond acceptors (Lipinski definition) is 3. The minimum Gasteiger partial charge on any atom is -0.383 e. The van der Waals surface area contributed by atoms with Crippen molar-refractivity contribution in [3.8, 4) is 0 Å². The molecule has 0 aliphatic carbocycles. The number of methoxy groups -OCH3 is 1. The van der Waals surface area contributed by atoms with Crippen molar-refractivity contribution < 1.29 is 9.53 Å². The molecule has 1 unspecified atom stereocenters. The lowest BCUT2D eigenvalue weighted by Gasteiger charge is -2.18. The first kappa shape index (κ1) is 17.2. The van der Waals surface area contributed by atoms with E-state index in [4.69, 9.17) is 4.74 Å². The molecule has 1 N–H and O–H groups in total. The van der Waals surface area contributed by atoms with Crippen LogP contribution in [0.4, 0.5) is 0 Å². The highest BCUT2D eigenvalue weighted by atomic mass is 16.5. The molecule has 1 aromatic heterocycles. The van der Waals surface area contributed by atoms with Crippen LogP contribution in [-0.2, 0) is 18.2 Å². The van der Waals surface area contributed by atoms with Crippen LogP contribution in [0.3, 0.4) is 0 Å². The molecule has 1 aromatic carbocycles. The number of aromatic nitrogens is 2. The van der Waals surface area contributed by atoms with E-state index in [-0.39, 0.29) is 11.9 Å². The van der Waals surface area contributed by atoms with E-state index in [1.54, 1.807) is 18.8 Å². The van der Waals surface area contributed by atoms with Crippen molar-refractivity contribution in [1.29, 1.82) is 0 Å². The standard InChI is InChI=1S/C18H25N3O2/c1-13(2)16-11-17(21(3)20-16)18(22)19-15(12-23-4)10-14-8-6-5-7-9-14/h5-9,11,13,15H,10,12H2,1-4H3,(H,19,22). The van der Waals surface area contributed by atoms with Gasteiger partial charge in [0.05, 0.1) is 18.3 Å². The molecule has 124 valence electrons. The number of nitrogens with one attached hydrogen (secondary N) is 1. The molecule has 0 bridgehead atoms. The Hall–Kier alpha value is -2.14. The molecule has 23 heavy (non-hydrogen) atoms. The molecule has 1 heterocycles. The Bertz CT molecular complexity index is 635. The smallest absolute Gasteiger partial charge is 0.269 e. The van der Waals surface area contributed by atoms with Gasteiger partial charge < -0.3 is 10.1 Å². The van der Waals surface area contributed by atoms with Crippen LogP contribution in [-0.4, -0.2) is 35.4 Å². The second-order valence-electron chi connectivity index (χ2n) is 6.05. The summed E-state index contributed by atoms with van der Waals surface area (Å²) in [7, 11) is 3.44. The summed E-state index contributed by atoms with van der Waals surface area (Å²) < 4.78 is 6.89. The van der Waals surface area contributed by atoms with Crippen molar-refractivity contribution in [2.75, 3.05) is 13.7 Å². The first-order valence-electron chi connectivity index (χ1n) is 7.89. The zero-order valence-corrected chi connectivity index (χ0v) is 14.2. The molecular formula is C18H25N3O2. The van der Waals surface area contributed by atoms with Gasteiger partial charge in [0.25, 0.3) is 5.91 Å². The third-order valence-corrected chi connectivity index (χ3v) is 3.75. The fraction of sp³-hybridized carbons (Fsp3) is 0.444. The van der Waals surface area contributed by atoms with Gasteiger partial charge in [-0.3, -0.25) is 9.48 Å². The Morgan fingerprint density at radius 3 is 2.57 bits per heavy atom. The largest absolute Gasteiger partial charge is 0.383 e. The number of rotatable bonds is 7. The molecule has 0 spiro atoms. The summed E-state index contributed by atoms with van der Waals surface area (Å²) >= 11 is 0. The predicted octanol–water partition coefficient (Wildman–Crippen LogP) is 2.53. The maximum atomic E-state index is 12.5. The Balaban J connectivity index is 2.08. The lowest BCUT2D eigenvalue weighted by molar-refractivity contribution is 0.0887. The lowest BCUT2D eigenvalue weighted by Crippen LogP contribution is -2.40. The van der Waals surface area contributed by atoms with E-state index in [2.05, 4.69) is 36.4 Å². The molecule has 0 fully saturated rings. The van der Waals surface area contributed by atoms with Crippen LogP contribution >= 0.6 is 0 Å². The van der Waals surface area contributed by atoms with Crippen molar-refractivity contribution in [1.82, 2.24) is 15.1 Å². The molecule has 5 heteroatoms. The van der Waals surface area contributed by atoms with Crippen LogP contribution in [0, 0.1) is 0 Å². The Morgan fingerprint density at radius 2 is 2.00 bits per heavy atom. The van der Waals surface area contributed by atoms with Crippen LogP contribution in [0.5, 0.6) is 0 Å². The van der Waals surface area contributed by atoms with E-state index in [0.717, 1.165) is 12.1 Å². The molecular weight excluding hydrogens is 290 g/mol. The number of nitrogens with zero attached hydrogens (tertiary/aromatic N) is 2. The average molecular weight is 315 g/mol. The van der Waals surface area contributed by atoms with Crippen molar-refractivity contribution in [3.63, 3.8) is 0 Å². The summed E-state index contributed by atoms with van der Waals surface area (Å²) in [6.45, 7) is 4.59. The minimum atomic E-state index is -0.120. The fourth-order valence-electron chi connectivity index (χ4n) is 2.49. The maximum Gasteiger partial charge on any atom is 0.269 e. The van der Waals surface area contributed by atoms with E-state index < -0.39 is 0 Å². The molecule has 2 aromatic rings. The normalized spacial score (nSPS) is 12.4. The first-order valence-corrected chi connectivity index (χ1v) is 7.89. The van der Waals surface area contributed by atoms with E-state index in [1.807, 2.05) is 24.3 Å². The number of hydrogen-bond donors (Lipinski definition) is 1. The molecule has 2 rings (SSSR count). The fourth-order valence-corrected chi connectivity index (χ4v) is 2.49. The SMILES string of the molecule is COCC(Cc1ccccc1)NC(=O)c1cc(C(C)C)nn1C. The van der Waals surface area contributed by atoms with Gasteiger partial charge in [-0.1, -0.05) is 44.2 Å². The number of carbonyl (C=O) groups is 1. The molecule has 0 saturated heterocycles. The van der Waals surface area contributed by atoms with E-state index in [0.29, 0.717) is 18.2 Å². The van der Waals surface area contributed by atoms with Crippen molar-refractivity contribution in [2.45, 2.75) is 32.2 Å². The van der Waals surface area contributed by atoms with Gasteiger partial charge in [0.2, 0.25) is 0 Å². The Morgan fingerprint density at radius 1 is 1.30 bits per heavy atom. The molecule has 0 saturated carbocycles. The maximum absolute atomic E-state index is 12.5. The summed E-state index contributed by atoms with van der Waals surface area (Å²) in [5.41, 5.74) is 2.66. The molecule has 5 nitrogen and oxygen atoms in total. The van der Waals surface area contributed by atoms with Gasteiger partial charge in [-0.15, -0.1) is 0 Å². The van der Waals surface area contributed by atoms with E-state index in [1.165, 1.54) is 5.56 Å². The second-order valence-corrected chi connectivity index (χ2v) is 6.05. The molecule has 0 radical (unpaired) electrons. The van der Waals surface area contributed by atoms with E-state index in [9.17, 15) is 4.79 Å². The highest BCUT2D eigenvalue weighted by molar-refractivity contribution is 5.92. The van der Waals surface area contributed by atoms with Gasteiger partial charge in [-0.25, -0.2) is 0 Å². The molecule has 1 atom stereocenters. The predicted molar refractivity (Wildman–Crippen MR) is 90.6 cm³/mol. The first-order chi connectivity index (χ1) is 11.0. The summed E-state index contributed by atoms with van der Waals surface area (Å²) in [4.78, 5) is 12.5. The van der Waals surface area contributed by atoms with Crippen molar-refractivity contribution >= 4 is 5.91 Å². The van der Waals surface area contributed by atoms with Gasteiger partial charge >= 0.3 is 0 Å². The van der Waals surface area contributed by atoms with Gasteiger partial charge in [0.1, 0.15) is 5.69 Å². The van der Waals surface area contributed by atoms with Crippen molar-refractivity contribution in [3.05, 3.63) is 53.3 Å². The Kier molecular flexibility index (Phi) is 5.93. The van der Waals surface area contributed by atoms with Gasteiger partial charge in [-0.2, -0.15) is 5.10 Å². The summed E-state index contributed by atoms with van der Waals surface area (Å²) in [5, 5.41) is 7.44. The zero-order chi connectivity index (χ0) is 16.8. The van der Waals surface area contributed by atoms with Crippen LogP contribution < -0.4 is 5.32 Å². The average Bonchev–Trinajstić information content (AvgIpc) is 2.91. The third kappa shape index (κ3) is 4.66. The lowest BCUT2D eigenvalue weighted by atomic mass is 10.1. The number of aryl methyl sites for hydroxylation is 1. The minimum absolute atomic E-state index is 0.0766. The molecule has 0 aliphatic rings. The molecule has 0 aliphatic heterocycles. The van der Waals surface area contributed by atoms with Gasteiger partial charge in [0, 0.05) is 14.2 Å². The molecule has 1 amide bonds. The van der Waals surface area contributed by atoms with E-state index >= 15 is 0 Å². The second kappa shape index (κ2) is 7.92. The zero-order valence-electron chi connectivity index (χ0n) is 14.2. The number of carbonyl (C=O) groups excluding carboxylic acids is 1. The highest BCUT2D eigenvalue weighted by Gasteiger charge is 2.19. The quantitative estimate of drug-likeness (QED) is 0.854. The number of amides is 1. The van der Waals surface area contributed by atoms with Crippen LogP contribution in [0.2, 0.25) is 0 Å². The summed E-state index contributed by atoms with van der Waals surface area (Å²) in [6, 6.07) is 11.9. The number of benzene rings is 1. The van der Waals surface area contributed by atoms with Crippen molar-refractivity contribution in [2.24, 2.45) is 7.05 Å². The van der Waals surface area contributed by atoms with Crippen LogP contribution in [0.1, 0.15) is 41.5 Å². The van der Waals surface area contributed by atoms with Gasteiger partial charge in [0.15, 0.2) is 0 Å². The Labute approximate surface area is 137 Å². The van der Waals surface area contributed by atoms with Crippen LogP contribution in [0.15, 0.2) is 36.4 Å². The highest BCUT2D eigenvalue weighted by Crippen LogP contribution is 2.14. The third-order valence-electron chi connectivity index (χ3n) is 3.75. The topological polar surface area (TPSA) is 56.1 Å². The van der Waals surface area contributed by atoms with Crippen LogP contribution in [0.25, 0.3) is 0 Å². The summed E-state index contributed by atoms with van der Waals surface area (Å²) in [5.74, 6) is 0.173. The monoisotopic (exact) mass is 315 g/mol.